The average Bonchev–Trinajstić information content (AvgIpc) is 3.32. The van der Waals surface area contributed by atoms with Crippen molar-refractivity contribution in [2.24, 2.45) is 0 Å². The maximum atomic E-state index is 6.98. The van der Waals surface area contributed by atoms with E-state index in [1.54, 1.807) is 16.8 Å². The first-order valence-corrected chi connectivity index (χ1v) is 8.33. The molecule has 3 heterocycles. The summed E-state index contributed by atoms with van der Waals surface area (Å²) in [5.41, 5.74) is 9.77. The Morgan fingerprint density at radius 1 is 1.24 bits per heavy atom. The lowest BCUT2D eigenvalue weighted by molar-refractivity contribution is 0.369. The van der Waals surface area contributed by atoms with Crippen molar-refractivity contribution in [1.82, 2.24) is 14.6 Å². The highest BCUT2D eigenvalue weighted by Gasteiger charge is 2.12. The van der Waals surface area contributed by atoms with Gasteiger partial charge in [-0.05, 0) is 48.4 Å². The molecule has 4 aromatic rings. The fourth-order valence-electron chi connectivity index (χ4n) is 2.63. The topological polar surface area (TPSA) is 78.6 Å². The Balaban J connectivity index is 1.70. The normalized spacial score (nSPS) is 11.6. The van der Waals surface area contributed by atoms with Crippen molar-refractivity contribution in [1.29, 1.82) is 1.34 Å². The summed E-state index contributed by atoms with van der Waals surface area (Å²) in [6, 6.07) is 15.4. The van der Waals surface area contributed by atoms with E-state index < -0.39 is 0 Å². The number of aromatic nitrogens is 3. The van der Waals surface area contributed by atoms with Gasteiger partial charge in [-0.3, -0.25) is 0 Å². The van der Waals surface area contributed by atoms with Crippen LogP contribution in [0.3, 0.4) is 0 Å². The second-order valence-electron chi connectivity index (χ2n) is 5.41. The Labute approximate surface area is 150 Å². The van der Waals surface area contributed by atoms with Gasteiger partial charge in [0, 0.05) is 0 Å². The van der Waals surface area contributed by atoms with E-state index in [0.29, 0.717) is 29.7 Å². The van der Waals surface area contributed by atoms with Gasteiger partial charge in [0.1, 0.15) is 5.82 Å². The molecule has 3 aromatic heterocycles. The zero-order valence-corrected chi connectivity index (χ0v) is 13.9. The van der Waals surface area contributed by atoms with Gasteiger partial charge in [-0.2, -0.15) is 4.52 Å². The Hall–Kier alpha value is -2.71. The Bertz CT molecular complexity index is 1040. The molecule has 25 heavy (non-hydrogen) atoms. The molecule has 0 unspecified atom stereocenters. The maximum absolute atomic E-state index is 6.98. The lowest BCUT2D eigenvalue weighted by atomic mass is 10.0. The van der Waals surface area contributed by atoms with Crippen molar-refractivity contribution in [3.05, 3.63) is 60.4 Å². The molecule has 0 spiro atoms. The van der Waals surface area contributed by atoms with Gasteiger partial charge < -0.3 is 14.3 Å². The van der Waals surface area contributed by atoms with Crippen LogP contribution in [-0.4, -0.2) is 23.0 Å². The van der Waals surface area contributed by atoms with E-state index in [2.05, 4.69) is 10.1 Å². The van der Waals surface area contributed by atoms with Crippen molar-refractivity contribution >= 4 is 30.4 Å². The standard InChI is InChI=1S/C17H14BN4O2S/c18-25-24-10-11-3-1-4-12(7-11)13-8-15(19)22-16(9-13)20-17(21-22)14-5-2-6-23-14/h1-9,18H,10,19H2/i18T. The Morgan fingerprint density at radius 3 is 3.04 bits per heavy atom. The van der Waals surface area contributed by atoms with Crippen LogP contribution in [0.1, 0.15) is 5.56 Å². The van der Waals surface area contributed by atoms with Crippen LogP contribution < -0.4 is 5.73 Å². The van der Waals surface area contributed by atoms with Crippen LogP contribution in [0.5, 0.6) is 0 Å². The molecular formula is C17H14BN4O2S. The summed E-state index contributed by atoms with van der Waals surface area (Å²) in [5, 5.41) is 4.40. The van der Waals surface area contributed by atoms with E-state index in [-0.39, 0.29) is 0 Å². The molecule has 2 N–H and O–H groups in total. The second-order valence-corrected chi connectivity index (χ2v) is 5.84. The fraction of sp³-hybridized carbons (Fsp3) is 0.0588. The van der Waals surface area contributed by atoms with Crippen LogP contribution in [0.15, 0.2) is 59.2 Å². The van der Waals surface area contributed by atoms with Crippen LogP contribution in [0.25, 0.3) is 28.4 Å². The quantitative estimate of drug-likeness (QED) is 0.326. The molecule has 0 amide bonds. The molecule has 123 valence electrons. The Kier molecular flexibility index (Phi) is 3.89. The molecule has 0 atom stereocenters. The van der Waals surface area contributed by atoms with Crippen molar-refractivity contribution < 1.29 is 8.60 Å². The summed E-state index contributed by atoms with van der Waals surface area (Å²) in [6.45, 7) is 0.416. The molecule has 0 aliphatic heterocycles. The van der Waals surface area contributed by atoms with Gasteiger partial charge in [0.2, 0.25) is 12.9 Å². The molecule has 1 aromatic carbocycles. The molecule has 6 nitrogen and oxygen atoms in total. The van der Waals surface area contributed by atoms with Crippen molar-refractivity contribution in [2.45, 2.75) is 6.61 Å². The largest absolute Gasteiger partial charge is 0.461 e. The first-order valence-electron chi connectivity index (χ1n) is 8.10. The van der Waals surface area contributed by atoms with Crippen LogP contribution in [0, 0.1) is 0 Å². The van der Waals surface area contributed by atoms with E-state index in [0.717, 1.165) is 35.7 Å². The highest BCUT2D eigenvalue weighted by Crippen LogP contribution is 2.26. The van der Waals surface area contributed by atoms with Gasteiger partial charge in [-0.15, -0.1) is 5.10 Å². The summed E-state index contributed by atoms with van der Waals surface area (Å²) >= 11 is 1.00. The van der Waals surface area contributed by atoms with Gasteiger partial charge in [0.25, 0.3) is 0 Å². The van der Waals surface area contributed by atoms with Crippen LogP contribution in [0.2, 0.25) is 0 Å². The van der Waals surface area contributed by atoms with Gasteiger partial charge >= 0.3 is 0 Å². The number of rotatable bonds is 6. The minimum Gasteiger partial charge on any atom is -0.461 e. The van der Waals surface area contributed by atoms with Gasteiger partial charge in [0.15, 0.2) is 11.4 Å². The Morgan fingerprint density at radius 2 is 2.20 bits per heavy atom. The third-order valence-corrected chi connectivity index (χ3v) is 4.01. The zero-order chi connectivity index (χ0) is 17.9. The number of hydrogen-bond acceptors (Lipinski definition) is 6. The molecule has 0 fully saturated rings. The number of anilines is 1. The second kappa shape index (κ2) is 6.66. The number of nitrogens with zero attached hydrogens (tertiary/aromatic N) is 3. The molecule has 0 aliphatic rings. The third kappa shape index (κ3) is 3.13. The van der Waals surface area contributed by atoms with E-state index in [4.69, 9.17) is 15.7 Å². The molecular weight excluding hydrogens is 335 g/mol. The van der Waals surface area contributed by atoms with Gasteiger partial charge in [-0.1, -0.05) is 30.1 Å². The molecule has 0 aliphatic carbocycles. The predicted molar refractivity (Wildman–Crippen MR) is 100 cm³/mol. The number of nitrogens with two attached hydrogens (primary N) is 1. The summed E-state index contributed by atoms with van der Waals surface area (Å²) in [6.07, 6.45) is 1.58. The van der Waals surface area contributed by atoms with E-state index in [1.807, 2.05) is 42.5 Å². The fourth-order valence-corrected chi connectivity index (χ4v) is 2.83. The first-order chi connectivity index (χ1) is 12.7. The van der Waals surface area contributed by atoms with Gasteiger partial charge in [-0.25, -0.2) is 4.98 Å². The van der Waals surface area contributed by atoms with Crippen LogP contribution in [0.4, 0.5) is 5.82 Å². The highest BCUT2D eigenvalue weighted by atomic mass is 32.2. The summed E-state index contributed by atoms with van der Waals surface area (Å²) < 4.78 is 19.2. The summed E-state index contributed by atoms with van der Waals surface area (Å²) in [7, 11) is 1.15. The van der Waals surface area contributed by atoms with E-state index in [9.17, 15) is 0 Å². The van der Waals surface area contributed by atoms with Crippen molar-refractivity contribution in [2.75, 3.05) is 5.73 Å². The molecule has 0 saturated heterocycles. The minimum atomic E-state index is 0.416. The number of pyridine rings is 1. The summed E-state index contributed by atoms with van der Waals surface area (Å²) in [4.78, 5) is 4.51. The lowest BCUT2D eigenvalue weighted by Gasteiger charge is -2.07. The number of nitrogen functional groups attached to an aromatic ring is 1. The van der Waals surface area contributed by atoms with Gasteiger partial charge in [0.05, 0.1) is 12.9 Å². The SMILES string of the molecule is [3H][B]SOCc1cccc(-c2cc(N)n3nc(-c4ccco4)nc3c2)c1. The maximum Gasteiger partial charge on any atom is 0.217 e. The van der Waals surface area contributed by atoms with Crippen molar-refractivity contribution in [3.63, 3.8) is 0 Å². The van der Waals surface area contributed by atoms with Crippen LogP contribution in [-0.2, 0) is 10.8 Å². The lowest BCUT2D eigenvalue weighted by Crippen LogP contribution is -1.99. The van der Waals surface area contributed by atoms with Crippen LogP contribution >= 0.6 is 11.9 Å². The molecule has 8 heteroatoms. The number of hydrogen-bond donors (Lipinski definition) is 1. The highest BCUT2D eigenvalue weighted by molar-refractivity contribution is 8.15. The number of furan rings is 1. The monoisotopic (exact) mass is 351 g/mol. The molecule has 1 radical (unpaired) electrons. The number of benzene rings is 1. The first kappa shape index (κ1) is 14.6. The summed E-state index contributed by atoms with van der Waals surface area (Å²) in [5.74, 6) is 1.57. The smallest absolute Gasteiger partial charge is 0.217 e. The minimum absolute atomic E-state index is 0.416. The molecule has 4 rings (SSSR count). The number of fused-ring (bicyclic) bond motifs is 1. The van der Waals surface area contributed by atoms with E-state index in [1.165, 1.54) is 0 Å². The van der Waals surface area contributed by atoms with E-state index >= 15 is 0 Å². The predicted octanol–water partition coefficient (Wildman–Crippen LogP) is 3.22. The zero-order valence-electron chi connectivity index (χ0n) is 14.1. The third-order valence-electron chi connectivity index (χ3n) is 3.76. The van der Waals surface area contributed by atoms with Crippen molar-refractivity contribution in [3.8, 4) is 22.7 Å². The molecule has 0 bridgehead atoms. The average molecular weight is 351 g/mol. The molecule has 0 saturated carbocycles.